The van der Waals surface area contributed by atoms with Gasteiger partial charge >= 0.3 is 0 Å². The summed E-state index contributed by atoms with van der Waals surface area (Å²) in [6.07, 6.45) is 0. The molecule has 0 fully saturated rings. The number of fused-ring (bicyclic) bond motifs is 1. The highest BCUT2D eigenvalue weighted by atomic mass is 79.9. The average Bonchev–Trinajstić information content (AvgIpc) is 2.91. The van der Waals surface area contributed by atoms with Crippen molar-refractivity contribution in [1.82, 2.24) is 4.98 Å². The third-order valence-electron chi connectivity index (χ3n) is 3.38. The molecule has 0 radical (unpaired) electrons. The Balaban J connectivity index is 1.83. The number of halogens is 2. The van der Waals surface area contributed by atoms with E-state index in [2.05, 4.69) is 26.2 Å². The number of nitrogens with zero attached hydrogens (tertiary/aromatic N) is 1. The molecule has 0 atom stereocenters. The molecule has 24 heavy (non-hydrogen) atoms. The van der Waals surface area contributed by atoms with Crippen LogP contribution in [0.1, 0.15) is 22.8 Å². The van der Waals surface area contributed by atoms with Gasteiger partial charge in [-0.3, -0.25) is 10.1 Å². The molecule has 0 aliphatic heterocycles. The minimum Gasteiger partial charge on any atom is -0.493 e. The number of nitrogens with one attached hydrogen (secondary N) is 1. The largest absolute Gasteiger partial charge is 0.493 e. The van der Waals surface area contributed by atoms with E-state index in [0.29, 0.717) is 28.1 Å². The van der Waals surface area contributed by atoms with Crippen LogP contribution >= 0.6 is 38.9 Å². The summed E-state index contributed by atoms with van der Waals surface area (Å²) in [7, 11) is 0. The summed E-state index contributed by atoms with van der Waals surface area (Å²) in [4.78, 5) is 16.8. The number of amides is 1. The zero-order valence-corrected chi connectivity index (χ0v) is 16.2. The standard InChI is InChI=1S/C17H14BrClN2O2S/c1-3-23-14-5-4-10(7-11(14)18)16(22)21-17-20-13-8-12(19)9(2)6-15(13)24-17/h4-8H,3H2,1-2H3,(H,20,21,22). The Bertz CT molecular complexity index is 887. The number of anilines is 1. The van der Waals surface area contributed by atoms with E-state index < -0.39 is 0 Å². The van der Waals surface area contributed by atoms with Gasteiger partial charge in [0.25, 0.3) is 5.91 Å². The van der Waals surface area contributed by atoms with Gasteiger partial charge < -0.3 is 4.74 Å². The van der Waals surface area contributed by atoms with Crippen LogP contribution in [-0.2, 0) is 0 Å². The predicted molar refractivity (Wildman–Crippen MR) is 103 cm³/mol. The first kappa shape index (κ1) is 17.2. The van der Waals surface area contributed by atoms with Crippen molar-refractivity contribution in [3.63, 3.8) is 0 Å². The molecule has 7 heteroatoms. The minimum absolute atomic E-state index is 0.222. The third kappa shape index (κ3) is 3.55. The predicted octanol–water partition coefficient (Wildman–Crippen LogP) is 5.67. The van der Waals surface area contributed by atoms with Gasteiger partial charge in [-0.05, 0) is 65.7 Å². The van der Waals surface area contributed by atoms with E-state index in [1.165, 1.54) is 11.3 Å². The lowest BCUT2D eigenvalue weighted by atomic mass is 10.2. The first-order chi connectivity index (χ1) is 11.5. The summed E-state index contributed by atoms with van der Waals surface area (Å²) in [5.74, 6) is 0.486. The second-order valence-corrected chi connectivity index (χ2v) is 7.41. The molecule has 1 heterocycles. The molecule has 0 spiro atoms. The molecule has 0 saturated heterocycles. The number of hydrogen-bond acceptors (Lipinski definition) is 4. The fourth-order valence-electron chi connectivity index (χ4n) is 2.19. The van der Waals surface area contributed by atoms with Crippen LogP contribution in [0.15, 0.2) is 34.8 Å². The quantitative estimate of drug-likeness (QED) is 0.586. The Morgan fingerprint density at radius 1 is 1.38 bits per heavy atom. The Morgan fingerprint density at radius 3 is 2.88 bits per heavy atom. The smallest absolute Gasteiger partial charge is 0.257 e. The van der Waals surface area contributed by atoms with E-state index in [0.717, 1.165) is 20.3 Å². The number of aryl methyl sites for hydroxylation is 1. The van der Waals surface area contributed by atoms with Crippen molar-refractivity contribution in [2.24, 2.45) is 0 Å². The lowest BCUT2D eigenvalue weighted by Crippen LogP contribution is -2.11. The van der Waals surface area contributed by atoms with E-state index in [-0.39, 0.29) is 5.91 Å². The molecule has 4 nitrogen and oxygen atoms in total. The normalized spacial score (nSPS) is 10.8. The Morgan fingerprint density at radius 2 is 2.17 bits per heavy atom. The number of carbonyl (C=O) groups excluding carboxylic acids is 1. The SMILES string of the molecule is CCOc1ccc(C(=O)Nc2nc3cc(Cl)c(C)cc3s2)cc1Br. The van der Waals surface area contributed by atoms with Crippen LogP contribution in [0.3, 0.4) is 0 Å². The number of rotatable bonds is 4. The fraction of sp³-hybridized carbons (Fsp3) is 0.176. The van der Waals surface area contributed by atoms with Gasteiger partial charge in [-0.15, -0.1) is 0 Å². The highest BCUT2D eigenvalue weighted by molar-refractivity contribution is 9.10. The molecule has 0 saturated carbocycles. The number of benzene rings is 2. The molecule has 0 aliphatic rings. The van der Waals surface area contributed by atoms with Crippen LogP contribution in [0.2, 0.25) is 5.02 Å². The van der Waals surface area contributed by atoms with Crippen molar-refractivity contribution < 1.29 is 9.53 Å². The summed E-state index contributed by atoms with van der Waals surface area (Å²) in [6, 6.07) is 9.00. The van der Waals surface area contributed by atoms with Gasteiger partial charge in [0, 0.05) is 10.6 Å². The van der Waals surface area contributed by atoms with E-state index in [1.54, 1.807) is 18.2 Å². The first-order valence-electron chi connectivity index (χ1n) is 7.28. The van der Waals surface area contributed by atoms with Gasteiger partial charge in [-0.25, -0.2) is 4.98 Å². The molecule has 0 unspecified atom stereocenters. The average molecular weight is 426 g/mol. The highest BCUT2D eigenvalue weighted by Gasteiger charge is 2.13. The number of ether oxygens (including phenoxy) is 1. The summed E-state index contributed by atoms with van der Waals surface area (Å²) in [5.41, 5.74) is 2.29. The second-order valence-electron chi connectivity index (χ2n) is 5.12. The monoisotopic (exact) mass is 424 g/mol. The van der Waals surface area contributed by atoms with Gasteiger partial charge in [-0.1, -0.05) is 22.9 Å². The van der Waals surface area contributed by atoms with Crippen LogP contribution in [-0.4, -0.2) is 17.5 Å². The van der Waals surface area contributed by atoms with Crippen molar-refractivity contribution in [1.29, 1.82) is 0 Å². The Labute approximate surface area is 156 Å². The lowest BCUT2D eigenvalue weighted by Gasteiger charge is -2.07. The molecular formula is C17H14BrClN2O2S. The van der Waals surface area contributed by atoms with Crippen molar-refractivity contribution in [3.05, 3.63) is 51.0 Å². The van der Waals surface area contributed by atoms with Crippen LogP contribution in [0, 0.1) is 6.92 Å². The van der Waals surface area contributed by atoms with Crippen LogP contribution in [0.25, 0.3) is 10.2 Å². The van der Waals surface area contributed by atoms with E-state index >= 15 is 0 Å². The van der Waals surface area contributed by atoms with Crippen LogP contribution in [0.4, 0.5) is 5.13 Å². The van der Waals surface area contributed by atoms with Crippen molar-refractivity contribution >= 4 is 60.1 Å². The van der Waals surface area contributed by atoms with E-state index in [1.807, 2.05) is 26.0 Å². The van der Waals surface area contributed by atoms with Gasteiger partial charge in [0.05, 0.1) is 21.3 Å². The highest BCUT2D eigenvalue weighted by Crippen LogP contribution is 2.31. The maximum absolute atomic E-state index is 12.4. The maximum atomic E-state index is 12.4. The van der Waals surface area contributed by atoms with Gasteiger partial charge in [0.1, 0.15) is 5.75 Å². The van der Waals surface area contributed by atoms with Crippen molar-refractivity contribution in [2.75, 3.05) is 11.9 Å². The molecule has 124 valence electrons. The topological polar surface area (TPSA) is 51.2 Å². The molecule has 0 aliphatic carbocycles. The van der Waals surface area contributed by atoms with Gasteiger partial charge in [0.15, 0.2) is 5.13 Å². The van der Waals surface area contributed by atoms with Crippen LogP contribution < -0.4 is 10.1 Å². The molecule has 1 N–H and O–H groups in total. The number of carbonyl (C=O) groups is 1. The second kappa shape index (κ2) is 7.09. The van der Waals surface area contributed by atoms with E-state index in [4.69, 9.17) is 16.3 Å². The molecule has 1 amide bonds. The minimum atomic E-state index is -0.222. The summed E-state index contributed by atoms with van der Waals surface area (Å²) in [6.45, 7) is 4.42. The summed E-state index contributed by atoms with van der Waals surface area (Å²) < 4.78 is 7.18. The van der Waals surface area contributed by atoms with Crippen molar-refractivity contribution in [3.8, 4) is 5.75 Å². The third-order valence-corrected chi connectivity index (χ3v) is 5.34. The maximum Gasteiger partial charge on any atom is 0.257 e. The molecule has 2 aromatic carbocycles. The summed E-state index contributed by atoms with van der Waals surface area (Å²) in [5, 5.41) is 4.04. The Kier molecular flexibility index (Phi) is 5.08. The zero-order chi connectivity index (χ0) is 17.3. The number of hydrogen-bond donors (Lipinski definition) is 1. The molecule has 1 aromatic heterocycles. The number of aromatic nitrogens is 1. The first-order valence-corrected chi connectivity index (χ1v) is 9.27. The molecular weight excluding hydrogens is 412 g/mol. The molecule has 3 rings (SSSR count). The van der Waals surface area contributed by atoms with Crippen LogP contribution in [0.5, 0.6) is 5.75 Å². The van der Waals surface area contributed by atoms with Crippen molar-refractivity contribution in [2.45, 2.75) is 13.8 Å². The summed E-state index contributed by atoms with van der Waals surface area (Å²) >= 11 is 11.0. The fourth-order valence-corrected chi connectivity index (χ4v) is 3.78. The van der Waals surface area contributed by atoms with E-state index in [9.17, 15) is 4.79 Å². The van der Waals surface area contributed by atoms with Gasteiger partial charge in [0.2, 0.25) is 0 Å². The molecule has 3 aromatic rings. The van der Waals surface area contributed by atoms with Gasteiger partial charge in [-0.2, -0.15) is 0 Å². The lowest BCUT2D eigenvalue weighted by molar-refractivity contribution is 0.102. The Hall–Kier alpha value is -1.63. The molecule has 0 bridgehead atoms. The number of thiazole rings is 1. The zero-order valence-electron chi connectivity index (χ0n) is 13.0.